The van der Waals surface area contributed by atoms with Gasteiger partial charge < -0.3 is 14.6 Å². The summed E-state index contributed by atoms with van der Waals surface area (Å²) < 4.78 is 10.0. The Kier molecular flexibility index (Phi) is 5.90. The van der Waals surface area contributed by atoms with Gasteiger partial charge in [0, 0.05) is 44.5 Å². The smallest absolute Gasteiger partial charge is 0.0973 e. The van der Waals surface area contributed by atoms with Gasteiger partial charge in [0.25, 0.3) is 0 Å². The van der Waals surface area contributed by atoms with Crippen LogP contribution >= 0.6 is 0 Å². The third kappa shape index (κ3) is 3.76. The number of nitrogens with one attached hydrogen (secondary N) is 1. The molecule has 0 bridgehead atoms. The Hall–Kier alpha value is -4.15. The average molecular weight is 491 g/mol. The van der Waals surface area contributed by atoms with Gasteiger partial charge in [-0.05, 0) is 49.4 Å². The SMILES string of the molecule is C#Cc1c(NC)ccc2c1c1ncc(-c3c(C)nnn3C)cc1n2[C@H](c1ccccc1)C1CCOCC1. The lowest BCUT2D eigenvalue weighted by Crippen LogP contribution is -2.26. The van der Waals surface area contributed by atoms with Crippen molar-refractivity contribution in [3.63, 3.8) is 0 Å². The quantitative estimate of drug-likeness (QED) is 0.337. The molecule has 186 valence electrons. The molecule has 1 atom stereocenters. The molecule has 5 aromatic rings. The van der Waals surface area contributed by atoms with Crippen LogP contribution in [-0.4, -0.2) is 44.8 Å². The second kappa shape index (κ2) is 9.38. The summed E-state index contributed by atoms with van der Waals surface area (Å²) >= 11 is 0. The molecule has 1 saturated heterocycles. The van der Waals surface area contributed by atoms with Crippen LogP contribution in [0.3, 0.4) is 0 Å². The van der Waals surface area contributed by atoms with Crippen molar-refractivity contribution in [2.45, 2.75) is 25.8 Å². The van der Waals surface area contributed by atoms with Crippen LogP contribution in [0.2, 0.25) is 0 Å². The van der Waals surface area contributed by atoms with Gasteiger partial charge in [-0.2, -0.15) is 0 Å². The summed E-state index contributed by atoms with van der Waals surface area (Å²) in [5, 5.41) is 12.8. The first-order chi connectivity index (χ1) is 18.1. The first-order valence-electron chi connectivity index (χ1n) is 12.7. The summed E-state index contributed by atoms with van der Waals surface area (Å²) in [6, 6.07) is 17.4. The van der Waals surface area contributed by atoms with E-state index >= 15 is 0 Å². The Labute approximate surface area is 216 Å². The average Bonchev–Trinajstić information content (AvgIpc) is 3.45. The third-order valence-corrected chi connectivity index (χ3v) is 7.62. The Balaban J connectivity index is 1.72. The molecule has 0 amide bonds. The van der Waals surface area contributed by atoms with E-state index in [0.717, 1.165) is 76.2 Å². The largest absolute Gasteiger partial charge is 0.387 e. The molecule has 0 radical (unpaired) electrons. The highest BCUT2D eigenvalue weighted by Gasteiger charge is 2.31. The second-order valence-corrected chi connectivity index (χ2v) is 9.69. The maximum absolute atomic E-state index is 6.11. The van der Waals surface area contributed by atoms with Crippen LogP contribution in [0.4, 0.5) is 5.69 Å². The lowest BCUT2D eigenvalue weighted by molar-refractivity contribution is 0.0553. The summed E-state index contributed by atoms with van der Waals surface area (Å²) in [5.74, 6) is 3.37. The minimum atomic E-state index is 0.110. The molecule has 0 aliphatic carbocycles. The van der Waals surface area contributed by atoms with Crippen molar-refractivity contribution in [1.29, 1.82) is 0 Å². The minimum absolute atomic E-state index is 0.110. The molecule has 0 unspecified atom stereocenters. The zero-order chi connectivity index (χ0) is 25.5. The van der Waals surface area contributed by atoms with Crippen molar-refractivity contribution in [2.24, 2.45) is 13.0 Å². The molecule has 4 heterocycles. The second-order valence-electron chi connectivity index (χ2n) is 9.69. The van der Waals surface area contributed by atoms with E-state index < -0.39 is 0 Å². The molecule has 3 aromatic heterocycles. The number of ether oxygens (including phenoxy) is 1. The summed E-state index contributed by atoms with van der Waals surface area (Å²) in [4.78, 5) is 5.04. The molecule has 6 rings (SSSR count). The first-order valence-corrected chi connectivity index (χ1v) is 12.7. The zero-order valence-corrected chi connectivity index (χ0v) is 21.4. The summed E-state index contributed by atoms with van der Waals surface area (Å²) in [5.41, 5.74) is 8.90. The van der Waals surface area contributed by atoms with Crippen molar-refractivity contribution in [3.05, 3.63) is 71.5 Å². The van der Waals surface area contributed by atoms with E-state index in [-0.39, 0.29) is 6.04 Å². The van der Waals surface area contributed by atoms with Gasteiger partial charge >= 0.3 is 0 Å². The normalized spacial score (nSPS) is 15.2. The topological polar surface area (TPSA) is 69.8 Å². The van der Waals surface area contributed by atoms with Crippen molar-refractivity contribution in [1.82, 2.24) is 24.5 Å². The van der Waals surface area contributed by atoms with Gasteiger partial charge in [-0.1, -0.05) is 41.5 Å². The lowest BCUT2D eigenvalue weighted by atomic mass is 9.86. The van der Waals surface area contributed by atoms with E-state index in [1.807, 2.05) is 31.9 Å². The van der Waals surface area contributed by atoms with Gasteiger partial charge in [0.1, 0.15) is 0 Å². The standard InChI is InChI=1S/C30H30N6O/c1-5-23-24(31-3)11-12-25-27(23)28-26(17-22(18-32-28)29-19(2)33-34-35(29)4)36(25)30(20-9-7-6-8-10-20)21-13-15-37-16-14-21/h1,6-12,17-18,21,30-31H,13-16H2,2-4H3/t30-/m1/s1. The van der Waals surface area contributed by atoms with Crippen LogP contribution < -0.4 is 5.32 Å². The number of hydrogen-bond acceptors (Lipinski definition) is 5. The molecule has 0 spiro atoms. The number of anilines is 1. The molecule has 7 nitrogen and oxygen atoms in total. The van der Waals surface area contributed by atoms with E-state index in [1.54, 1.807) is 0 Å². The minimum Gasteiger partial charge on any atom is -0.387 e. The van der Waals surface area contributed by atoms with Gasteiger partial charge in [0.05, 0.1) is 45.2 Å². The molecule has 1 fully saturated rings. The molecule has 0 saturated carbocycles. The fourth-order valence-corrected chi connectivity index (χ4v) is 5.95. The molecule has 7 heteroatoms. The van der Waals surface area contributed by atoms with Gasteiger partial charge in [-0.15, -0.1) is 11.5 Å². The maximum Gasteiger partial charge on any atom is 0.0973 e. The number of hydrogen-bond donors (Lipinski definition) is 1. The van der Waals surface area contributed by atoms with Gasteiger partial charge in [-0.25, -0.2) is 4.68 Å². The van der Waals surface area contributed by atoms with Crippen LogP contribution in [0.1, 0.15) is 35.7 Å². The van der Waals surface area contributed by atoms with E-state index in [9.17, 15) is 0 Å². The Morgan fingerprint density at radius 2 is 1.89 bits per heavy atom. The monoisotopic (exact) mass is 490 g/mol. The van der Waals surface area contributed by atoms with Crippen LogP contribution in [0.5, 0.6) is 0 Å². The Morgan fingerprint density at radius 3 is 2.57 bits per heavy atom. The first kappa shape index (κ1) is 23.3. The molecule has 1 aliphatic rings. The van der Waals surface area contributed by atoms with Crippen molar-refractivity contribution in [3.8, 4) is 23.6 Å². The van der Waals surface area contributed by atoms with E-state index in [1.165, 1.54) is 5.56 Å². The summed E-state index contributed by atoms with van der Waals surface area (Å²) in [6.45, 7) is 3.52. The van der Waals surface area contributed by atoms with Gasteiger partial charge in [0.2, 0.25) is 0 Å². The van der Waals surface area contributed by atoms with Crippen molar-refractivity contribution < 1.29 is 4.74 Å². The lowest BCUT2D eigenvalue weighted by Gasteiger charge is -2.33. The summed E-state index contributed by atoms with van der Waals surface area (Å²) in [7, 11) is 3.82. The molecular formula is C30H30N6O. The highest BCUT2D eigenvalue weighted by molar-refractivity contribution is 6.11. The van der Waals surface area contributed by atoms with Crippen LogP contribution in [0, 0.1) is 25.2 Å². The zero-order valence-electron chi connectivity index (χ0n) is 21.4. The molecule has 37 heavy (non-hydrogen) atoms. The van der Waals surface area contributed by atoms with E-state index in [2.05, 4.69) is 74.6 Å². The number of fused-ring (bicyclic) bond motifs is 3. The molecule has 1 N–H and O–H groups in total. The predicted octanol–water partition coefficient (Wildman–Crippen LogP) is 5.33. The van der Waals surface area contributed by atoms with E-state index in [4.69, 9.17) is 16.1 Å². The van der Waals surface area contributed by atoms with E-state index in [0.29, 0.717) is 5.92 Å². The fraction of sp³-hybridized carbons (Fsp3) is 0.300. The van der Waals surface area contributed by atoms with Crippen LogP contribution in [0.25, 0.3) is 33.2 Å². The van der Waals surface area contributed by atoms with Crippen LogP contribution in [-0.2, 0) is 11.8 Å². The molecule has 1 aliphatic heterocycles. The third-order valence-electron chi connectivity index (χ3n) is 7.62. The van der Waals surface area contributed by atoms with Gasteiger partial charge in [0.15, 0.2) is 0 Å². The number of aromatic nitrogens is 5. The van der Waals surface area contributed by atoms with Crippen molar-refractivity contribution in [2.75, 3.05) is 25.6 Å². The number of benzene rings is 2. The Morgan fingerprint density at radius 1 is 1.11 bits per heavy atom. The van der Waals surface area contributed by atoms with Crippen LogP contribution in [0.15, 0.2) is 54.7 Å². The maximum atomic E-state index is 6.11. The molecule has 2 aromatic carbocycles. The number of aryl methyl sites for hydroxylation is 2. The highest BCUT2D eigenvalue weighted by atomic mass is 16.5. The van der Waals surface area contributed by atoms with Crippen molar-refractivity contribution >= 4 is 27.6 Å². The van der Waals surface area contributed by atoms with Gasteiger partial charge in [-0.3, -0.25) is 4.98 Å². The number of rotatable bonds is 5. The molecular weight excluding hydrogens is 460 g/mol. The fourth-order valence-electron chi connectivity index (χ4n) is 5.95. The number of terminal acetylenes is 1. The number of nitrogens with zero attached hydrogens (tertiary/aromatic N) is 5. The predicted molar refractivity (Wildman–Crippen MR) is 148 cm³/mol. The number of pyridine rings is 1. The highest BCUT2D eigenvalue weighted by Crippen LogP contribution is 2.43. The summed E-state index contributed by atoms with van der Waals surface area (Å²) in [6.07, 6.45) is 10.0. The Bertz CT molecular complexity index is 1620.